The number of benzene rings is 3. The van der Waals surface area contributed by atoms with Crippen LogP contribution in [0.4, 0.5) is 5.82 Å². The number of hydrogen-bond donors (Lipinski definition) is 1. The third kappa shape index (κ3) is 3.53. The summed E-state index contributed by atoms with van der Waals surface area (Å²) in [4.78, 5) is 4.44. The topological polar surface area (TPSA) is 62.7 Å². The summed E-state index contributed by atoms with van der Waals surface area (Å²) in [6.45, 7) is 0. The van der Waals surface area contributed by atoms with Crippen LogP contribution in [0.2, 0.25) is 0 Å². The van der Waals surface area contributed by atoms with Gasteiger partial charge < -0.3 is 5.73 Å². The van der Waals surface area contributed by atoms with Crippen molar-refractivity contribution in [2.24, 2.45) is 0 Å². The Morgan fingerprint density at radius 3 is 2.07 bits per heavy atom. The molecule has 134 valence electrons. The minimum Gasteiger partial charge on any atom is -0.383 e. The molecule has 0 aliphatic rings. The zero-order valence-electron chi connectivity index (χ0n) is 14.9. The van der Waals surface area contributed by atoms with Gasteiger partial charge in [-0.1, -0.05) is 82.7 Å². The monoisotopic (exact) mass is 425 g/mol. The lowest BCUT2D eigenvalue weighted by Crippen LogP contribution is -1.99. The van der Waals surface area contributed by atoms with Crippen molar-refractivity contribution in [3.8, 4) is 39.6 Å². The standard InChI is InChI=1S/C24H16BrN3/c25-20-8-4-7-19(13-20)23-14-21(22(15-26)24(27)28-23)18-11-9-17(10-12-18)16-5-2-1-3-6-16/h1-14H,(H2,27,28). The van der Waals surface area contributed by atoms with Crippen LogP contribution in [0, 0.1) is 11.3 Å². The van der Waals surface area contributed by atoms with E-state index in [4.69, 9.17) is 5.73 Å². The average Bonchev–Trinajstić information content (AvgIpc) is 2.74. The Morgan fingerprint density at radius 1 is 0.750 bits per heavy atom. The quantitative estimate of drug-likeness (QED) is 0.418. The van der Waals surface area contributed by atoms with Crippen LogP contribution in [0.15, 0.2) is 89.4 Å². The van der Waals surface area contributed by atoms with Gasteiger partial charge in [-0.2, -0.15) is 5.26 Å². The zero-order chi connectivity index (χ0) is 19.5. The van der Waals surface area contributed by atoms with Gasteiger partial charge in [0.2, 0.25) is 0 Å². The molecule has 28 heavy (non-hydrogen) atoms. The summed E-state index contributed by atoms with van der Waals surface area (Å²) in [7, 11) is 0. The SMILES string of the molecule is N#Cc1c(-c2ccc(-c3ccccc3)cc2)cc(-c2cccc(Br)c2)nc1N. The highest BCUT2D eigenvalue weighted by molar-refractivity contribution is 9.10. The first-order valence-corrected chi connectivity index (χ1v) is 9.57. The lowest BCUT2D eigenvalue weighted by atomic mass is 9.96. The van der Waals surface area contributed by atoms with Crippen molar-refractivity contribution in [2.75, 3.05) is 5.73 Å². The number of nitrogen functional groups attached to an aromatic ring is 1. The molecule has 4 aromatic rings. The Labute approximate surface area is 172 Å². The fourth-order valence-electron chi connectivity index (χ4n) is 3.18. The normalized spacial score (nSPS) is 10.4. The van der Waals surface area contributed by atoms with Gasteiger partial charge in [0.1, 0.15) is 17.5 Å². The Balaban J connectivity index is 1.81. The highest BCUT2D eigenvalue weighted by Crippen LogP contribution is 2.33. The minimum atomic E-state index is 0.238. The van der Waals surface area contributed by atoms with Crippen molar-refractivity contribution < 1.29 is 0 Å². The second kappa shape index (κ2) is 7.67. The average molecular weight is 426 g/mol. The molecule has 0 saturated heterocycles. The number of pyridine rings is 1. The van der Waals surface area contributed by atoms with Crippen LogP contribution in [-0.2, 0) is 0 Å². The maximum Gasteiger partial charge on any atom is 0.142 e. The molecular weight excluding hydrogens is 410 g/mol. The second-order valence-corrected chi connectivity index (χ2v) is 7.30. The van der Waals surface area contributed by atoms with Crippen molar-refractivity contribution in [1.82, 2.24) is 4.98 Å². The first-order chi connectivity index (χ1) is 13.7. The van der Waals surface area contributed by atoms with Gasteiger partial charge in [-0.05, 0) is 34.9 Å². The van der Waals surface area contributed by atoms with Crippen molar-refractivity contribution >= 4 is 21.7 Å². The van der Waals surface area contributed by atoms with E-state index < -0.39 is 0 Å². The number of anilines is 1. The fraction of sp³-hybridized carbons (Fsp3) is 0. The Bertz CT molecular complexity index is 1180. The molecule has 0 fully saturated rings. The van der Waals surface area contributed by atoms with E-state index in [2.05, 4.69) is 51.2 Å². The first kappa shape index (κ1) is 18.0. The van der Waals surface area contributed by atoms with Crippen LogP contribution in [0.1, 0.15) is 5.56 Å². The largest absolute Gasteiger partial charge is 0.383 e. The maximum atomic E-state index is 9.62. The molecule has 0 saturated carbocycles. The third-order valence-electron chi connectivity index (χ3n) is 4.58. The highest BCUT2D eigenvalue weighted by atomic mass is 79.9. The molecule has 0 radical (unpaired) electrons. The minimum absolute atomic E-state index is 0.238. The molecule has 4 rings (SSSR count). The fourth-order valence-corrected chi connectivity index (χ4v) is 3.58. The number of halogens is 1. The first-order valence-electron chi connectivity index (χ1n) is 8.78. The van der Waals surface area contributed by atoms with E-state index in [9.17, 15) is 5.26 Å². The Kier molecular flexibility index (Phi) is 4.92. The summed E-state index contributed by atoms with van der Waals surface area (Å²) < 4.78 is 0.962. The molecule has 3 nitrogen and oxygen atoms in total. The van der Waals surface area contributed by atoms with Gasteiger partial charge in [0, 0.05) is 15.6 Å². The number of nitrogens with two attached hydrogens (primary N) is 1. The molecule has 0 spiro atoms. The van der Waals surface area contributed by atoms with Gasteiger partial charge in [-0.15, -0.1) is 0 Å². The van der Waals surface area contributed by atoms with Gasteiger partial charge in [-0.25, -0.2) is 4.98 Å². The predicted octanol–water partition coefficient (Wildman–Crippen LogP) is 6.30. The lowest BCUT2D eigenvalue weighted by molar-refractivity contribution is 1.31. The van der Waals surface area contributed by atoms with Crippen LogP contribution >= 0.6 is 15.9 Å². The van der Waals surface area contributed by atoms with E-state index in [0.29, 0.717) is 5.56 Å². The summed E-state index contributed by atoms with van der Waals surface area (Å²) >= 11 is 3.49. The molecular formula is C24H16BrN3. The number of nitrogens with zero attached hydrogens (tertiary/aromatic N) is 2. The van der Waals surface area contributed by atoms with Gasteiger partial charge >= 0.3 is 0 Å². The molecule has 1 aromatic heterocycles. The van der Waals surface area contributed by atoms with Crippen LogP contribution in [0.3, 0.4) is 0 Å². The summed E-state index contributed by atoms with van der Waals surface area (Å²) in [6, 6.07) is 30.3. The van der Waals surface area contributed by atoms with Crippen molar-refractivity contribution in [3.63, 3.8) is 0 Å². The van der Waals surface area contributed by atoms with E-state index in [1.54, 1.807) is 0 Å². The van der Waals surface area contributed by atoms with Gasteiger partial charge in [-0.3, -0.25) is 0 Å². The molecule has 3 aromatic carbocycles. The Hall–Kier alpha value is -3.42. The number of rotatable bonds is 3. The summed E-state index contributed by atoms with van der Waals surface area (Å²) in [5.41, 5.74) is 12.2. The molecule has 0 atom stereocenters. The van der Waals surface area contributed by atoms with Crippen LogP contribution in [-0.4, -0.2) is 4.98 Å². The second-order valence-electron chi connectivity index (χ2n) is 6.38. The number of aromatic nitrogens is 1. The summed E-state index contributed by atoms with van der Waals surface area (Å²) in [6.07, 6.45) is 0. The molecule has 0 aliphatic carbocycles. The molecule has 0 aliphatic heterocycles. The van der Waals surface area contributed by atoms with Crippen LogP contribution in [0.5, 0.6) is 0 Å². The molecule has 4 heteroatoms. The van der Waals surface area contributed by atoms with Gasteiger partial charge in [0.15, 0.2) is 0 Å². The van der Waals surface area contributed by atoms with Crippen molar-refractivity contribution in [3.05, 3.63) is 95.0 Å². The molecule has 0 unspecified atom stereocenters. The molecule has 0 bridgehead atoms. The van der Waals surface area contributed by atoms with Crippen molar-refractivity contribution in [2.45, 2.75) is 0 Å². The third-order valence-corrected chi connectivity index (χ3v) is 5.08. The Morgan fingerprint density at radius 2 is 1.39 bits per heavy atom. The number of hydrogen-bond acceptors (Lipinski definition) is 3. The van der Waals surface area contributed by atoms with Crippen molar-refractivity contribution in [1.29, 1.82) is 5.26 Å². The predicted molar refractivity (Wildman–Crippen MR) is 117 cm³/mol. The molecule has 1 heterocycles. The lowest BCUT2D eigenvalue weighted by Gasteiger charge is -2.11. The molecule has 2 N–H and O–H groups in total. The highest BCUT2D eigenvalue weighted by Gasteiger charge is 2.14. The smallest absolute Gasteiger partial charge is 0.142 e. The van der Waals surface area contributed by atoms with Crippen LogP contribution < -0.4 is 5.73 Å². The van der Waals surface area contributed by atoms with E-state index in [1.165, 1.54) is 0 Å². The number of nitriles is 1. The van der Waals surface area contributed by atoms with E-state index in [1.807, 2.05) is 60.7 Å². The van der Waals surface area contributed by atoms with E-state index in [-0.39, 0.29) is 5.82 Å². The van der Waals surface area contributed by atoms with Crippen LogP contribution in [0.25, 0.3) is 33.5 Å². The summed E-state index contributed by atoms with van der Waals surface area (Å²) in [5, 5.41) is 9.62. The van der Waals surface area contributed by atoms with Gasteiger partial charge in [0.05, 0.1) is 5.69 Å². The zero-order valence-corrected chi connectivity index (χ0v) is 16.5. The summed E-state index contributed by atoms with van der Waals surface area (Å²) in [5.74, 6) is 0.238. The van der Waals surface area contributed by atoms with Gasteiger partial charge in [0.25, 0.3) is 0 Å². The molecule has 0 amide bonds. The maximum absolute atomic E-state index is 9.62. The van der Waals surface area contributed by atoms with E-state index in [0.717, 1.165) is 38.0 Å². The van der Waals surface area contributed by atoms with E-state index >= 15 is 0 Å².